The fourth-order valence-electron chi connectivity index (χ4n) is 2.61. The van der Waals surface area contributed by atoms with E-state index in [2.05, 4.69) is 20.9 Å². The Hall–Kier alpha value is -2.58. The third kappa shape index (κ3) is 4.28. The fraction of sp³-hybridized carbons (Fsp3) is 0.200. The topological polar surface area (TPSA) is 66.9 Å². The Morgan fingerprint density at radius 3 is 2.57 bits per heavy atom. The normalized spacial score (nSPS) is 10.4. The van der Waals surface area contributed by atoms with Gasteiger partial charge in [-0.2, -0.15) is 0 Å². The molecule has 0 aliphatic carbocycles. The summed E-state index contributed by atoms with van der Waals surface area (Å²) in [4.78, 5) is 17.0. The molecule has 8 heteroatoms. The third-order valence-electron chi connectivity index (χ3n) is 3.92. The van der Waals surface area contributed by atoms with Crippen LogP contribution in [0, 0.1) is 0 Å². The van der Waals surface area contributed by atoms with E-state index in [9.17, 15) is 4.79 Å². The number of benzene rings is 2. The maximum atomic E-state index is 12.5. The highest BCUT2D eigenvalue weighted by Crippen LogP contribution is 2.35. The number of methoxy groups -OCH3 is 3. The Morgan fingerprint density at radius 1 is 1.07 bits per heavy atom. The Balaban J connectivity index is 1.75. The molecule has 0 saturated heterocycles. The highest BCUT2D eigenvalue weighted by Gasteiger charge is 2.18. The number of hydrogen-bond donors (Lipinski definition) is 0. The van der Waals surface area contributed by atoms with Crippen molar-refractivity contribution in [3.63, 3.8) is 0 Å². The summed E-state index contributed by atoms with van der Waals surface area (Å²) < 4.78 is 22.2. The number of para-hydroxylation sites is 1. The molecule has 0 radical (unpaired) electrons. The number of thiazole rings is 1. The molecular weight excluding hydrogens is 446 g/mol. The predicted octanol–water partition coefficient (Wildman–Crippen LogP) is 4.96. The average Bonchev–Trinajstić information content (AvgIpc) is 3.20. The summed E-state index contributed by atoms with van der Waals surface area (Å²) >= 11 is 4.91. The molecule has 0 atom stereocenters. The van der Waals surface area contributed by atoms with Gasteiger partial charge in [-0.3, -0.25) is 0 Å². The lowest BCUT2D eigenvalue weighted by molar-refractivity contribution is 0.0464. The van der Waals surface area contributed by atoms with Crippen molar-refractivity contribution < 1.29 is 23.7 Å². The fourth-order valence-corrected chi connectivity index (χ4v) is 3.80. The van der Waals surface area contributed by atoms with Crippen LogP contribution in [0.1, 0.15) is 16.1 Å². The van der Waals surface area contributed by atoms with Crippen LogP contribution in [-0.4, -0.2) is 32.3 Å². The molecule has 0 bridgehead atoms. The number of halogens is 1. The number of rotatable bonds is 7. The lowest BCUT2D eigenvalue weighted by atomic mass is 10.2. The van der Waals surface area contributed by atoms with Gasteiger partial charge in [-0.15, -0.1) is 11.3 Å². The zero-order valence-electron chi connectivity index (χ0n) is 15.5. The van der Waals surface area contributed by atoms with Crippen molar-refractivity contribution in [1.82, 2.24) is 4.98 Å². The van der Waals surface area contributed by atoms with Gasteiger partial charge in [0.15, 0.2) is 11.5 Å². The van der Waals surface area contributed by atoms with Gasteiger partial charge in [0, 0.05) is 9.85 Å². The van der Waals surface area contributed by atoms with E-state index in [1.54, 1.807) is 25.3 Å². The van der Waals surface area contributed by atoms with E-state index in [1.807, 2.05) is 23.6 Å². The number of hydrogen-bond acceptors (Lipinski definition) is 7. The number of carbonyl (C=O) groups excluding carboxylic acids is 1. The van der Waals surface area contributed by atoms with E-state index in [1.165, 1.54) is 25.6 Å². The van der Waals surface area contributed by atoms with E-state index >= 15 is 0 Å². The Kier molecular flexibility index (Phi) is 6.53. The molecule has 2 aromatic carbocycles. The molecular formula is C20H18BrNO5S. The van der Waals surface area contributed by atoms with Gasteiger partial charge in [0.2, 0.25) is 0 Å². The van der Waals surface area contributed by atoms with E-state index < -0.39 is 5.97 Å². The molecule has 0 amide bonds. The standard InChI is InChI=1S/C20H18BrNO5S/c1-24-16-8-7-12(21)9-15(16)19-22-13(11-28-19)10-27-20(23)14-5-4-6-17(25-2)18(14)26-3/h4-9,11H,10H2,1-3H3. The molecule has 0 N–H and O–H groups in total. The van der Waals surface area contributed by atoms with Crippen LogP contribution in [0.2, 0.25) is 0 Å². The second kappa shape index (κ2) is 9.07. The number of aromatic nitrogens is 1. The van der Waals surface area contributed by atoms with Gasteiger partial charge < -0.3 is 18.9 Å². The molecule has 28 heavy (non-hydrogen) atoms. The van der Waals surface area contributed by atoms with Crippen LogP contribution < -0.4 is 14.2 Å². The van der Waals surface area contributed by atoms with Gasteiger partial charge in [-0.1, -0.05) is 22.0 Å². The first kappa shape index (κ1) is 20.2. The molecule has 1 aromatic heterocycles. The first-order valence-electron chi connectivity index (χ1n) is 8.23. The maximum Gasteiger partial charge on any atom is 0.342 e. The summed E-state index contributed by atoms with van der Waals surface area (Å²) in [6.45, 7) is 0.0476. The van der Waals surface area contributed by atoms with E-state index in [-0.39, 0.29) is 6.61 Å². The van der Waals surface area contributed by atoms with Gasteiger partial charge in [-0.05, 0) is 30.3 Å². The summed E-state index contributed by atoms with van der Waals surface area (Å²) in [7, 11) is 4.61. The zero-order chi connectivity index (χ0) is 20.1. The quantitative estimate of drug-likeness (QED) is 0.461. The molecule has 3 aromatic rings. The van der Waals surface area contributed by atoms with Crippen LogP contribution in [-0.2, 0) is 11.3 Å². The molecule has 0 aliphatic rings. The molecule has 0 aliphatic heterocycles. The molecule has 0 fully saturated rings. The Morgan fingerprint density at radius 2 is 1.86 bits per heavy atom. The lowest BCUT2D eigenvalue weighted by Gasteiger charge is -2.11. The summed E-state index contributed by atoms with van der Waals surface area (Å²) in [5.41, 5.74) is 1.82. The zero-order valence-corrected chi connectivity index (χ0v) is 17.9. The van der Waals surface area contributed by atoms with E-state index in [4.69, 9.17) is 18.9 Å². The minimum atomic E-state index is -0.509. The van der Waals surface area contributed by atoms with Crippen LogP contribution in [0.3, 0.4) is 0 Å². The van der Waals surface area contributed by atoms with E-state index in [0.717, 1.165) is 20.8 Å². The highest BCUT2D eigenvalue weighted by molar-refractivity contribution is 9.10. The van der Waals surface area contributed by atoms with E-state index in [0.29, 0.717) is 22.8 Å². The summed E-state index contributed by atoms with van der Waals surface area (Å²) in [6.07, 6.45) is 0. The largest absolute Gasteiger partial charge is 0.496 e. The smallest absolute Gasteiger partial charge is 0.342 e. The van der Waals surface area contributed by atoms with Gasteiger partial charge in [0.1, 0.15) is 22.9 Å². The van der Waals surface area contributed by atoms with Crippen molar-refractivity contribution in [3.8, 4) is 27.8 Å². The number of nitrogens with zero attached hydrogens (tertiary/aromatic N) is 1. The van der Waals surface area contributed by atoms with Gasteiger partial charge in [0.05, 0.1) is 32.6 Å². The molecule has 1 heterocycles. The molecule has 6 nitrogen and oxygen atoms in total. The molecule has 3 rings (SSSR count). The van der Waals surface area contributed by atoms with Crippen molar-refractivity contribution in [3.05, 3.63) is 57.5 Å². The first-order valence-corrected chi connectivity index (χ1v) is 9.91. The van der Waals surface area contributed by atoms with Crippen LogP contribution in [0.5, 0.6) is 17.2 Å². The van der Waals surface area contributed by atoms with Crippen LogP contribution in [0.4, 0.5) is 0 Å². The average molecular weight is 464 g/mol. The molecule has 0 saturated carbocycles. The number of ether oxygens (including phenoxy) is 4. The SMILES string of the molecule is COc1ccc(Br)cc1-c1nc(COC(=O)c2cccc(OC)c2OC)cs1. The van der Waals surface area contributed by atoms with Crippen molar-refractivity contribution in [2.75, 3.05) is 21.3 Å². The predicted molar refractivity (Wildman–Crippen MR) is 110 cm³/mol. The molecule has 146 valence electrons. The summed E-state index contributed by atoms with van der Waals surface area (Å²) in [6, 6.07) is 10.8. The van der Waals surface area contributed by atoms with Crippen LogP contribution in [0.25, 0.3) is 10.6 Å². The van der Waals surface area contributed by atoms with Gasteiger partial charge in [-0.25, -0.2) is 9.78 Å². The van der Waals surface area contributed by atoms with Gasteiger partial charge >= 0.3 is 5.97 Å². The van der Waals surface area contributed by atoms with Crippen LogP contribution in [0.15, 0.2) is 46.3 Å². The molecule has 0 unspecified atom stereocenters. The minimum Gasteiger partial charge on any atom is -0.496 e. The third-order valence-corrected chi connectivity index (χ3v) is 5.34. The Labute approximate surface area is 175 Å². The van der Waals surface area contributed by atoms with Crippen molar-refractivity contribution in [2.45, 2.75) is 6.61 Å². The number of carbonyl (C=O) groups is 1. The molecule has 0 spiro atoms. The maximum absolute atomic E-state index is 12.5. The van der Waals surface area contributed by atoms with Crippen molar-refractivity contribution >= 4 is 33.2 Å². The van der Waals surface area contributed by atoms with Gasteiger partial charge in [0.25, 0.3) is 0 Å². The van der Waals surface area contributed by atoms with Crippen LogP contribution >= 0.6 is 27.3 Å². The highest BCUT2D eigenvalue weighted by atomic mass is 79.9. The lowest BCUT2D eigenvalue weighted by Crippen LogP contribution is -2.08. The first-order chi connectivity index (χ1) is 13.6. The summed E-state index contributed by atoms with van der Waals surface area (Å²) in [5.74, 6) is 1.02. The summed E-state index contributed by atoms with van der Waals surface area (Å²) in [5, 5.41) is 2.63. The second-order valence-corrected chi connectivity index (χ2v) is 7.38. The van der Waals surface area contributed by atoms with Crippen molar-refractivity contribution in [1.29, 1.82) is 0 Å². The monoisotopic (exact) mass is 463 g/mol. The second-order valence-electron chi connectivity index (χ2n) is 5.61. The Bertz CT molecular complexity index is 988. The number of esters is 1. The minimum absolute atomic E-state index is 0.0476. The van der Waals surface area contributed by atoms with Crippen molar-refractivity contribution in [2.24, 2.45) is 0 Å².